The molecular weight excluding hydrogens is 348 g/mol. The standard InChI is InChI=1S/C17H21BrO4/c1-2-21-16(20)17(10-4-3-5-11-17)22-15(19)12-13-6-8-14(18)9-7-13/h6-9H,2-5,10-12H2,1H3. The first-order valence-electron chi connectivity index (χ1n) is 7.69. The molecule has 1 fully saturated rings. The Morgan fingerprint density at radius 3 is 2.36 bits per heavy atom. The molecule has 0 bridgehead atoms. The van der Waals surface area contributed by atoms with Crippen LogP contribution in [0.25, 0.3) is 0 Å². The fraction of sp³-hybridized carbons (Fsp3) is 0.529. The van der Waals surface area contributed by atoms with Crippen molar-refractivity contribution < 1.29 is 19.1 Å². The molecule has 0 aliphatic heterocycles. The minimum absolute atomic E-state index is 0.161. The van der Waals surface area contributed by atoms with Gasteiger partial charge in [0.2, 0.25) is 5.60 Å². The number of rotatable bonds is 5. The molecule has 1 saturated carbocycles. The third-order valence-electron chi connectivity index (χ3n) is 3.88. The Morgan fingerprint density at radius 2 is 1.77 bits per heavy atom. The van der Waals surface area contributed by atoms with E-state index in [2.05, 4.69) is 15.9 Å². The van der Waals surface area contributed by atoms with Crippen LogP contribution in [0.4, 0.5) is 0 Å². The Balaban J connectivity index is 2.04. The van der Waals surface area contributed by atoms with Crippen LogP contribution in [-0.2, 0) is 25.5 Å². The quantitative estimate of drug-likeness (QED) is 0.741. The van der Waals surface area contributed by atoms with Crippen LogP contribution in [-0.4, -0.2) is 24.1 Å². The predicted molar refractivity (Wildman–Crippen MR) is 86.4 cm³/mol. The lowest BCUT2D eigenvalue weighted by atomic mass is 9.84. The molecule has 0 saturated heterocycles. The van der Waals surface area contributed by atoms with Gasteiger partial charge in [0.25, 0.3) is 0 Å². The van der Waals surface area contributed by atoms with Gasteiger partial charge in [0.1, 0.15) is 0 Å². The third kappa shape index (κ3) is 4.32. The number of carbonyl (C=O) groups excluding carboxylic acids is 2. The second kappa shape index (κ2) is 7.77. The van der Waals surface area contributed by atoms with E-state index in [-0.39, 0.29) is 12.4 Å². The highest BCUT2D eigenvalue weighted by molar-refractivity contribution is 9.10. The number of hydrogen-bond donors (Lipinski definition) is 0. The average Bonchev–Trinajstić information content (AvgIpc) is 2.50. The largest absolute Gasteiger partial charge is 0.463 e. The molecule has 1 aromatic rings. The van der Waals surface area contributed by atoms with E-state index < -0.39 is 11.6 Å². The summed E-state index contributed by atoms with van der Waals surface area (Å²) in [4.78, 5) is 24.5. The summed E-state index contributed by atoms with van der Waals surface area (Å²) in [6.07, 6.45) is 4.09. The van der Waals surface area contributed by atoms with Crippen molar-refractivity contribution in [1.29, 1.82) is 0 Å². The lowest BCUT2D eigenvalue weighted by Gasteiger charge is -2.34. The van der Waals surface area contributed by atoms with Gasteiger partial charge in [0.15, 0.2) is 0 Å². The first-order valence-corrected chi connectivity index (χ1v) is 8.48. The van der Waals surface area contributed by atoms with Crippen molar-refractivity contribution in [3.05, 3.63) is 34.3 Å². The molecule has 4 nitrogen and oxygen atoms in total. The summed E-state index contributed by atoms with van der Waals surface area (Å²) < 4.78 is 11.7. The summed E-state index contributed by atoms with van der Waals surface area (Å²) in [5, 5.41) is 0. The zero-order valence-corrected chi connectivity index (χ0v) is 14.4. The number of ether oxygens (including phenoxy) is 2. The van der Waals surface area contributed by atoms with Crippen molar-refractivity contribution >= 4 is 27.9 Å². The fourth-order valence-corrected chi connectivity index (χ4v) is 3.02. The molecule has 0 heterocycles. The van der Waals surface area contributed by atoms with E-state index >= 15 is 0 Å². The molecule has 1 aromatic carbocycles. The maximum absolute atomic E-state index is 12.2. The van der Waals surface area contributed by atoms with Gasteiger partial charge < -0.3 is 9.47 Å². The normalized spacial score (nSPS) is 16.8. The monoisotopic (exact) mass is 368 g/mol. The first kappa shape index (κ1) is 17.0. The van der Waals surface area contributed by atoms with Crippen LogP contribution in [0.15, 0.2) is 28.7 Å². The molecule has 0 spiro atoms. The van der Waals surface area contributed by atoms with Gasteiger partial charge in [-0.25, -0.2) is 4.79 Å². The van der Waals surface area contributed by atoms with Crippen LogP contribution in [0.3, 0.4) is 0 Å². The predicted octanol–water partition coefficient (Wildman–Crippen LogP) is 3.80. The number of esters is 2. The van der Waals surface area contributed by atoms with E-state index in [1.807, 2.05) is 24.3 Å². The molecule has 0 radical (unpaired) electrons. The molecule has 0 unspecified atom stereocenters. The molecule has 0 amide bonds. The van der Waals surface area contributed by atoms with Gasteiger partial charge in [-0.15, -0.1) is 0 Å². The smallest absolute Gasteiger partial charge is 0.350 e. The van der Waals surface area contributed by atoms with Gasteiger partial charge in [0.05, 0.1) is 13.0 Å². The van der Waals surface area contributed by atoms with Crippen molar-refractivity contribution in [3.8, 4) is 0 Å². The molecule has 120 valence electrons. The van der Waals surface area contributed by atoms with Crippen molar-refractivity contribution in [2.75, 3.05) is 6.61 Å². The summed E-state index contributed by atoms with van der Waals surface area (Å²) in [6.45, 7) is 2.06. The zero-order valence-electron chi connectivity index (χ0n) is 12.8. The number of carbonyl (C=O) groups is 2. The van der Waals surface area contributed by atoms with Crippen LogP contribution in [0.2, 0.25) is 0 Å². The van der Waals surface area contributed by atoms with E-state index in [0.717, 1.165) is 29.3 Å². The zero-order chi connectivity index (χ0) is 16.0. The Bertz CT molecular complexity index is 518. The minimum Gasteiger partial charge on any atom is -0.463 e. The van der Waals surface area contributed by atoms with Gasteiger partial charge in [-0.3, -0.25) is 4.79 Å². The Hall–Kier alpha value is -1.36. The Morgan fingerprint density at radius 1 is 1.14 bits per heavy atom. The summed E-state index contributed by atoms with van der Waals surface area (Å²) in [5.74, 6) is -0.781. The molecule has 22 heavy (non-hydrogen) atoms. The summed E-state index contributed by atoms with van der Waals surface area (Å²) in [6, 6.07) is 7.49. The van der Waals surface area contributed by atoms with Gasteiger partial charge in [-0.05, 0) is 50.3 Å². The molecule has 0 N–H and O–H groups in total. The first-order chi connectivity index (χ1) is 10.6. The number of hydrogen-bond acceptors (Lipinski definition) is 4. The van der Waals surface area contributed by atoms with Gasteiger partial charge in [0, 0.05) is 4.47 Å². The van der Waals surface area contributed by atoms with Crippen molar-refractivity contribution in [3.63, 3.8) is 0 Å². The van der Waals surface area contributed by atoms with Crippen LogP contribution in [0.5, 0.6) is 0 Å². The SMILES string of the molecule is CCOC(=O)C1(OC(=O)Cc2ccc(Br)cc2)CCCCC1. The Kier molecular flexibility index (Phi) is 6.00. The summed E-state index contributed by atoms with van der Waals surface area (Å²) >= 11 is 3.36. The van der Waals surface area contributed by atoms with Crippen molar-refractivity contribution in [1.82, 2.24) is 0 Å². The van der Waals surface area contributed by atoms with E-state index in [4.69, 9.17) is 9.47 Å². The van der Waals surface area contributed by atoms with Gasteiger partial charge >= 0.3 is 11.9 Å². The van der Waals surface area contributed by atoms with Crippen LogP contribution in [0.1, 0.15) is 44.6 Å². The summed E-state index contributed by atoms with van der Waals surface area (Å²) in [7, 11) is 0. The molecular formula is C17H21BrO4. The van der Waals surface area contributed by atoms with E-state index in [1.54, 1.807) is 6.92 Å². The molecule has 5 heteroatoms. The Labute approximate surface area is 139 Å². The molecule has 0 atom stereocenters. The molecule has 1 aliphatic rings. The van der Waals surface area contributed by atoms with Crippen LogP contribution in [0, 0.1) is 0 Å². The van der Waals surface area contributed by atoms with Crippen LogP contribution < -0.4 is 0 Å². The van der Waals surface area contributed by atoms with E-state index in [0.29, 0.717) is 19.4 Å². The van der Waals surface area contributed by atoms with Crippen molar-refractivity contribution in [2.45, 2.75) is 51.0 Å². The molecule has 2 rings (SSSR count). The van der Waals surface area contributed by atoms with E-state index in [1.165, 1.54) is 0 Å². The second-order valence-electron chi connectivity index (χ2n) is 5.55. The topological polar surface area (TPSA) is 52.6 Å². The highest BCUT2D eigenvalue weighted by Gasteiger charge is 2.44. The summed E-state index contributed by atoms with van der Waals surface area (Å²) in [5.41, 5.74) is -0.219. The second-order valence-corrected chi connectivity index (χ2v) is 6.47. The number of benzene rings is 1. The highest BCUT2D eigenvalue weighted by atomic mass is 79.9. The molecule has 0 aromatic heterocycles. The van der Waals surface area contributed by atoms with Gasteiger partial charge in [-0.2, -0.15) is 0 Å². The molecule has 1 aliphatic carbocycles. The maximum Gasteiger partial charge on any atom is 0.350 e. The van der Waals surface area contributed by atoms with Crippen LogP contribution >= 0.6 is 15.9 Å². The van der Waals surface area contributed by atoms with Gasteiger partial charge in [-0.1, -0.05) is 34.5 Å². The maximum atomic E-state index is 12.2. The fourth-order valence-electron chi connectivity index (χ4n) is 2.76. The lowest BCUT2D eigenvalue weighted by molar-refractivity contribution is -0.186. The third-order valence-corrected chi connectivity index (χ3v) is 4.41. The van der Waals surface area contributed by atoms with E-state index in [9.17, 15) is 9.59 Å². The lowest BCUT2D eigenvalue weighted by Crippen LogP contribution is -2.46. The highest BCUT2D eigenvalue weighted by Crippen LogP contribution is 2.33. The minimum atomic E-state index is -1.08. The number of halogens is 1. The average molecular weight is 369 g/mol. The van der Waals surface area contributed by atoms with Crippen molar-refractivity contribution in [2.24, 2.45) is 0 Å².